The first kappa shape index (κ1) is 17.1. The number of rotatable bonds is 8. The van der Waals surface area contributed by atoms with Crippen LogP contribution < -0.4 is 4.74 Å². The van der Waals surface area contributed by atoms with E-state index in [9.17, 15) is 4.79 Å². The Morgan fingerprint density at radius 3 is 2.00 bits per heavy atom. The van der Waals surface area contributed by atoms with Crippen molar-refractivity contribution >= 4 is 5.97 Å². The topological polar surface area (TPSA) is 35.5 Å². The van der Waals surface area contributed by atoms with E-state index >= 15 is 0 Å². The Hall–Kier alpha value is -2.29. The van der Waals surface area contributed by atoms with Gasteiger partial charge >= 0.3 is 5.97 Å². The quantitative estimate of drug-likeness (QED) is 0.502. The van der Waals surface area contributed by atoms with Crippen molar-refractivity contribution in [3.8, 4) is 16.9 Å². The van der Waals surface area contributed by atoms with Gasteiger partial charge in [-0.1, -0.05) is 44.5 Å². The average Bonchev–Trinajstić information content (AvgIpc) is 2.61. The molecule has 0 N–H and O–H groups in total. The van der Waals surface area contributed by atoms with Crippen molar-refractivity contribution < 1.29 is 14.3 Å². The molecule has 0 atom stereocenters. The Morgan fingerprint density at radius 1 is 0.826 bits per heavy atom. The zero-order chi connectivity index (χ0) is 16.5. The monoisotopic (exact) mass is 312 g/mol. The molecule has 0 bridgehead atoms. The van der Waals surface area contributed by atoms with Gasteiger partial charge in [-0.15, -0.1) is 0 Å². The van der Waals surface area contributed by atoms with E-state index in [1.165, 1.54) is 0 Å². The predicted molar refractivity (Wildman–Crippen MR) is 92.9 cm³/mol. The molecule has 2 aromatic carbocycles. The molecule has 0 fully saturated rings. The summed E-state index contributed by atoms with van der Waals surface area (Å²) >= 11 is 0. The summed E-state index contributed by atoms with van der Waals surface area (Å²) in [6.07, 6.45) is 2.91. The molecule has 0 saturated carbocycles. The number of carbonyl (C=O) groups is 1. The summed E-state index contributed by atoms with van der Waals surface area (Å²) in [4.78, 5) is 11.9. The van der Waals surface area contributed by atoms with Gasteiger partial charge in [0.2, 0.25) is 0 Å². The molecule has 0 unspecified atom stereocenters. The highest BCUT2D eigenvalue weighted by Gasteiger charge is 2.07. The van der Waals surface area contributed by atoms with Gasteiger partial charge in [-0.2, -0.15) is 0 Å². The summed E-state index contributed by atoms with van der Waals surface area (Å²) in [5, 5.41) is 0. The van der Waals surface area contributed by atoms with Crippen molar-refractivity contribution in [2.45, 2.75) is 33.1 Å². The van der Waals surface area contributed by atoms with Gasteiger partial charge in [0.1, 0.15) is 5.75 Å². The Bertz CT molecular complexity index is 600. The van der Waals surface area contributed by atoms with Crippen LogP contribution in [0.5, 0.6) is 5.75 Å². The third kappa shape index (κ3) is 5.13. The smallest absolute Gasteiger partial charge is 0.338 e. The summed E-state index contributed by atoms with van der Waals surface area (Å²) in [5.41, 5.74) is 2.75. The highest BCUT2D eigenvalue weighted by molar-refractivity contribution is 5.90. The molecule has 0 amide bonds. The SMILES string of the molecule is CCCCOC(=O)c1ccc(-c2ccc(OCCC)cc2)cc1. The highest BCUT2D eigenvalue weighted by atomic mass is 16.5. The van der Waals surface area contributed by atoms with Crippen molar-refractivity contribution in [2.75, 3.05) is 13.2 Å². The van der Waals surface area contributed by atoms with Crippen LogP contribution in [0.3, 0.4) is 0 Å². The Morgan fingerprint density at radius 2 is 1.43 bits per heavy atom. The van der Waals surface area contributed by atoms with Crippen LogP contribution in [0.1, 0.15) is 43.5 Å². The van der Waals surface area contributed by atoms with E-state index in [4.69, 9.17) is 9.47 Å². The van der Waals surface area contributed by atoms with Crippen molar-refractivity contribution in [2.24, 2.45) is 0 Å². The Balaban J connectivity index is 2.00. The van der Waals surface area contributed by atoms with Crippen LogP contribution in [0.15, 0.2) is 48.5 Å². The minimum Gasteiger partial charge on any atom is -0.494 e. The van der Waals surface area contributed by atoms with Gasteiger partial charge in [0, 0.05) is 0 Å². The standard InChI is InChI=1S/C20H24O3/c1-3-5-15-23-20(21)18-8-6-16(7-9-18)17-10-12-19(13-11-17)22-14-4-2/h6-13H,3-5,14-15H2,1-2H3. The molecule has 3 heteroatoms. The third-order valence-corrected chi connectivity index (χ3v) is 3.51. The summed E-state index contributed by atoms with van der Waals surface area (Å²) < 4.78 is 10.8. The normalized spacial score (nSPS) is 10.3. The van der Waals surface area contributed by atoms with Gasteiger partial charge in [-0.3, -0.25) is 0 Å². The fourth-order valence-electron chi connectivity index (χ4n) is 2.15. The molecular weight excluding hydrogens is 288 g/mol. The molecule has 3 nitrogen and oxygen atoms in total. The maximum Gasteiger partial charge on any atom is 0.338 e. The van der Waals surface area contributed by atoms with E-state index in [2.05, 4.69) is 13.8 Å². The van der Waals surface area contributed by atoms with Crippen molar-refractivity contribution in [1.82, 2.24) is 0 Å². The second kappa shape index (κ2) is 8.99. The highest BCUT2D eigenvalue weighted by Crippen LogP contribution is 2.23. The lowest BCUT2D eigenvalue weighted by atomic mass is 10.0. The van der Waals surface area contributed by atoms with E-state index in [0.29, 0.717) is 12.2 Å². The van der Waals surface area contributed by atoms with Crippen LogP contribution in [-0.4, -0.2) is 19.2 Å². The molecule has 0 aliphatic rings. The molecule has 0 spiro atoms. The fourth-order valence-corrected chi connectivity index (χ4v) is 2.15. The van der Waals surface area contributed by atoms with E-state index in [1.807, 2.05) is 48.5 Å². The maximum atomic E-state index is 11.9. The van der Waals surface area contributed by atoms with Crippen molar-refractivity contribution in [1.29, 1.82) is 0 Å². The molecule has 2 aromatic rings. The van der Waals surface area contributed by atoms with Crippen molar-refractivity contribution in [3.63, 3.8) is 0 Å². The van der Waals surface area contributed by atoms with E-state index in [1.54, 1.807) is 0 Å². The summed E-state index contributed by atoms with van der Waals surface area (Å²) in [6, 6.07) is 15.5. The van der Waals surface area contributed by atoms with E-state index < -0.39 is 0 Å². The fraction of sp³-hybridized carbons (Fsp3) is 0.350. The number of benzene rings is 2. The molecule has 0 aliphatic carbocycles. The second-order valence-electron chi connectivity index (χ2n) is 5.44. The lowest BCUT2D eigenvalue weighted by Crippen LogP contribution is -2.06. The maximum absolute atomic E-state index is 11.9. The van der Waals surface area contributed by atoms with Crippen molar-refractivity contribution in [3.05, 3.63) is 54.1 Å². The van der Waals surface area contributed by atoms with Crippen LogP contribution in [-0.2, 0) is 4.74 Å². The van der Waals surface area contributed by atoms with Gasteiger partial charge < -0.3 is 9.47 Å². The Kier molecular flexibility index (Phi) is 6.67. The van der Waals surface area contributed by atoms with E-state index in [0.717, 1.165) is 42.7 Å². The van der Waals surface area contributed by atoms with Crippen LogP contribution >= 0.6 is 0 Å². The molecular formula is C20H24O3. The number of esters is 1. The number of carbonyl (C=O) groups excluding carboxylic acids is 1. The second-order valence-corrected chi connectivity index (χ2v) is 5.44. The predicted octanol–water partition coefficient (Wildman–Crippen LogP) is 5.10. The molecule has 0 aromatic heterocycles. The van der Waals surface area contributed by atoms with Gasteiger partial charge in [0.05, 0.1) is 18.8 Å². The third-order valence-electron chi connectivity index (χ3n) is 3.51. The molecule has 0 aliphatic heterocycles. The zero-order valence-corrected chi connectivity index (χ0v) is 13.9. The summed E-state index contributed by atoms with van der Waals surface area (Å²) in [5.74, 6) is 0.625. The van der Waals surface area contributed by atoms with Crippen LogP contribution in [0.25, 0.3) is 11.1 Å². The lowest BCUT2D eigenvalue weighted by Gasteiger charge is -2.07. The largest absolute Gasteiger partial charge is 0.494 e. The number of hydrogen-bond acceptors (Lipinski definition) is 3. The lowest BCUT2D eigenvalue weighted by molar-refractivity contribution is 0.0500. The molecule has 122 valence electrons. The van der Waals surface area contributed by atoms with Gasteiger partial charge in [-0.05, 0) is 48.2 Å². The van der Waals surface area contributed by atoms with Crippen LogP contribution in [0, 0.1) is 0 Å². The number of ether oxygens (including phenoxy) is 2. The summed E-state index contributed by atoms with van der Waals surface area (Å²) in [7, 11) is 0. The van der Waals surface area contributed by atoms with E-state index in [-0.39, 0.29) is 5.97 Å². The first-order valence-electron chi connectivity index (χ1n) is 8.25. The number of unbranched alkanes of at least 4 members (excludes halogenated alkanes) is 1. The molecule has 0 saturated heterocycles. The minimum atomic E-state index is -0.256. The molecule has 2 rings (SSSR count). The van der Waals surface area contributed by atoms with Gasteiger partial charge in [-0.25, -0.2) is 4.79 Å². The van der Waals surface area contributed by atoms with Gasteiger partial charge in [0.25, 0.3) is 0 Å². The van der Waals surface area contributed by atoms with Crippen LogP contribution in [0.2, 0.25) is 0 Å². The molecule has 0 heterocycles. The zero-order valence-electron chi connectivity index (χ0n) is 13.9. The first-order chi connectivity index (χ1) is 11.2. The molecule has 0 radical (unpaired) electrons. The minimum absolute atomic E-state index is 0.256. The Labute approximate surface area is 138 Å². The molecule has 23 heavy (non-hydrogen) atoms. The van der Waals surface area contributed by atoms with Crippen LogP contribution in [0.4, 0.5) is 0 Å². The summed E-state index contributed by atoms with van der Waals surface area (Å²) in [6.45, 7) is 5.37. The first-order valence-corrected chi connectivity index (χ1v) is 8.25. The average molecular weight is 312 g/mol. The van der Waals surface area contributed by atoms with Gasteiger partial charge in [0.15, 0.2) is 0 Å². The number of hydrogen-bond donors (Lipinski definition) is 0.